The molecule has 0 bridgehead atoms. The Morgan fingerprint density at radius 3 is 2.19 bits per heavy atom. The summed E-state index contributed by atoms with van der Waals surface area (Å²) < 4.78 is 39.8. The van der Waals surface area contributed by atoms with Crippen LogP contribution in [-0.2, 0) is 4.79 Å². The minimum atomic E-state index is -4.02. The Labute approximate surface area is 155 Å². The molecule has 0 saturated heterocycles. The molecule has 0 aliphatic heterocycles. The van der Waals surface area contributed by atoms with Crippen LogP contribution in [0.25, 0.3) is 0 Å². The first kappa shape index (κ1) is 18.8. The van der Waals surface area contributed by atoms with Crippen LogP contribution in [0.1, 0.15) is 78.6 Å². The van der Waals surface area contributed by atoms with E-state index in [1.807, 2.05) is 0 Å². The van der Waals surface area contributed by atoms with Crippen LogP contribution >= 0.6 is 0 Å². The molecule has 26 heavy (non-hydrogen) atoms. The zero-order valence-corrected chi connectivity index (χ0v) is 16.4. The second-order valence-corrected chi connectivity index (χ2v) is 10.5. The Balaban J connectivity index is 1.57. The fourth-order valence-electron chi connectivity index (χ4n) is 8.22. The highest BCUT2D eigenvalue weighted by Crippen LogP contribution is 2.68. The van der Waals surface area contributed by atoms with Gasteiger partial charge in [0, 0.05) is 5.92 Å². The number of rotatable bonds is 1. The van der Waals surface area contributed by atoms with Gasteiger partial charge in [-0.05, 0) is 99.2 Å². The Kier molecular flexibility index (Phi) is 4.32. The fraction of sp³-hybridized carbons (Fsp3) is 0.955. The van der Waals surface area contributed by atoms with Gasteiger partial charge in [0.2, 0.25) is 0 Å². The third kappa shape index (κ3) is 2.60. The number of hydrogen-bond donors (Lipinski definition) is 0. The van der Waals surface area contributed by atoms with E-state index in [0.717, 1.165) is 44.9 Å². The summed E-state index contributed by atoms with van der Waals surface area (Å²) in [6.07, 6.45) is 3.80. The first-order chi connectivity index (χ1) is 12.1. The summed E-state index contributed by atoms with van der Waals surface area (Å²) in [5, 5.41) is 0. The Morgan fingerprint density at radius 1 is 0.885 bits per heavy atom. The fourth-order valence-corrected chi connectivity index (χ4v) is 8.22. The summed E-state index contributed by atoms with van der Waals surface area (Å²) in [6, 6.07) is 0. The van der Waals surface area contributed by atoms with Crippen molar-refractivity contribution in [3.63, 3.8) is 0 Å². The summed E-state index contributed by atoms with van der Waals surface area (Å²) >= 11 is 0. The lowest BCUT2D eigenvalue weighted by molar-refractivity contribution is -0.207. The predicted molar refractivity (Wildman–Crippen MR) is 95.4 cm³/mol. The number of carbonyl (C=O) groups is 1. The van der Waals surface area contributed by atoms with Gasteiger partial charge in [-0.15, -0.1) is 0 Å². The van der Waals surface area contributed by atoms with E-state index in [9.17, 15) is 18.0 Å². The van der Waals surface area contributed by atoms with Crippen molar-refractivity contribution in [3.05, 3.63) is 0 Å². The average Bonchev–Trinajstić information content (AvgIpc) is 2.90. The topological polar surface area (TPSA) is 17.1 Å². The molecular formula is C22H33F3O. The van der Waals surface area contributed by atoms with Crippen LogP contribution in [0.2, 0.25) is 0 Å². The van der Waals surface area contributed by atoms with Crippen molar-refractivity contribution in [1.29, 1.82) is 0 Å². The number of ketones is 1. The van der Waals surface area contributed by atoms with Crippen molar-refractivity contribution in [2.75, 3.05) is 0 Å². The second-order valence-electron chi connectivity index (χ2n) is 10.5. The highest BCUT2D eigenvalue weighted by atomic mass is 19.4. The van der Waals surface area contributed by atoms with Gasteiger partial charge in [0.25, 0.3) is 0 Å². The molecule has 0 amide bonds. The Morgan fingerprint density at radius 2 is 1.54 bits per heavy atom. The third-order valence-electron chi connectivity index (χ3n) is 9.62. The van der Waals surface area contributed by atoms with Crippen LogP contribution in [0.15, 0.2) is 0 Å². The molecular weight excluding hydrogens is 337 g/mol. The summed E-state index contributed by atoms with van der Waals surface area (Å²) in [5.74, 6) is 1.51. The van der Waals surface area contributed by atoms with Crippen molar-refractivity contribution in [2.45, 2.75) is 84.7 Å². The smallest absolute Gasteiger partial charge is 0.300 e. The molecule has 0 aromatic rings. The Bertz CT molecular complexity index is 584. The molecule has 0 aromatic heterocycles. The van der Waals surface area contributed by atoms with Crippen LogP contribution < -0.4 is 0 Å². The van der Waals surface area contributed by atoms with Gasteiger partial charge in [0.1, 0.15) is 5.78 Å². The van der Waals surface area contributed by atoms with Crippen molar-refractivity contribution < 1.29 is 18.0 Å². The minimum absolute atomic E-state index is 0.0836. The van der Waals surface area contributed by atoms with Crippen molar-refractivity contribution in [1.82, 2.24) is 0 Å². The van der Waals surface area contributed by atoms with Gasteiger partial charge < -0.3 is 0 Å². The number of fused-ring (bicyclic) bond motifs is 5. The van der Waals surface area contributed by atoms with Gasteiger partial charge in [-0.2, -0.15) is 13.2 Å². The van der Waals surface area contributed by atoms with Crippen LogP contribution in [0, 0.1) is 46.3 Å². The third-order valence-corrected chi connectivity index (χ3v) is 9.62. The average molecular weight is 370 g/mol. The van der Waals surface area contributed by atoms with Crippen LogP contribution in [0.4, 0.5) is 13.2 Å². The van der Waals surface area contributed by atoms with Gasteiger partial charge in [-0.3, -0.25) is 4.79 Å². The van der Waals surface area contributed by atoms with Crippen molar-refractivity contribution >= 4 is 5.78 Å². The van der Waals surface area contributed by atoms with Gasteiger partial charge in [-0.1, -0.05) is 13.8 Å². The molecule has 4 rings (SSSR count). The maximum atomic E-state index is 13.3. The number of hydrogen-bond acceptors (Lipinski definition) is 1. The largest absolute Gasteiger partial charge is 0.391 e. The van der Waals surface area contributed by atoms with E-state index in [2.05, 4.69) is 13.8 Å². The molecule has 148 valence electrons. The summed E-state index contributed by atoms with van der Waals surface area (Å²) in [6.45, 7) is 6.39. The van der Waals surface area contributed by atoms with E-state index in [0.29, 0.717) is 36.4 Å². The molecule has 0 aromatic carbocycles. The van der Waals surface area contributed by atoms with Gasteiger partial charge >= 0.3 is 6.18 Å². The van der Waals surface area contributed by atoms with E-state index < -0.39 is 12.1 Å². The SMILES string of the molecule is CC(=O)C1CCC2C3CCC4CC(C(F)(F)F)CCC4(C)C3CC[C@]12C. The van der Waals surface area contributed by atoms with Gasteiger partial charge in [-0.25, -0.2) is 0 Å². The second kappa shape index (κ2) is 5.98. The molecule has 7 unspecified atom stereocenters. The highest BCUT2D eigenvalue weighted by Gasteiger charge is 2.61. The van der Waals surface area contributed by atoms with Crippen molar-refractivity contribution in [2.24, 2.45) is 46.3 Å². The van der Waals surface area contributed by atoms with E-state index in [-0.39, 0.29) is 22.7 Å². The molecule has 4 aliphatic rings. The van der Waals surface area contributed by atoms with Gasteiger partial charge in [0.05, 0.1) is 5.92 Å². The number of carbonyl (C=O) groups excluding carboxylic acids is 1. The maximum absolute atomic E-state index is 13.3. The number of Topliss-reactive ketones (excluding diaryl/α,β-unsaturated/α-hetero) is 1. The number of alkyl halides is 3. The molecule has 4 fully saturated rings. The lowest BCUT2D eigenvalue weighted by Gasteiger charge is -2.61. The summed E-state index contributed by atoms with van der Waals surface area (Å²) in [4.78, 5) is 12.2. The zero-order chi connectivity index (χ0) is 18.9. The van der Waals surface area contributed by atoms with Crippen molar-refractivity contribution in [3.8, 4) is 0 Å². The molecule has 4 aliphatic carbocycles. The number of halogens is 3. The van der Waals surface area contributed by atoms with E-state index >= 15 is 0 Å². The first-order valence-corrected chi connectivity index (χ1v) is 10.6. The molecule has 4 saturated carbocycles. The zero-order valence-electron chi connectivity index (χ0n) is 16.4. The van der Waals surface area contributed by atoms with Gasteiger partial charge in [0.15, 0.2) is 0 Å². The molecule has 0 heterocycles. The first-order valence-electron chi connectivity index (χ1n) is 10.6. The van der Waals surface area contributed by atoms with E-state index in [1.165, 1.54) is 0 Å². The molecule has 4 heteroatoms. The normalized spacial score (nSPS) is 51.3. The molecule has 0 radical (unpaired) electrons. The van der Waals surface area contributed by atoms with E-state index in [4.69, 9.17) is 0 Å². The summed E-state index contributed by atoms with van der Waals surface area (Å²) in [5.41, 5.74) is 0.222. The molecule has 0 spiro atoms. The maximum Gasteiger partial charge on any atom is 0.391 e. The standard InChI is InChI=1S/C22H33F3O/c1-13(26)17-6-7-18-16-5-4-14-12-15(22(23,24)25)8-10-20(14,2)19(16)9-11-21(17,18)3/h14-19H,4-12H2,1-3H3/t14?,15?,16?,17?,18?,19?,20?,21-/m1/s1. The lowest BCUT2D eigenvalue weighted by Crippen LogP contribution is -2.54. The lowest BCUT2D eigenvalue weighted by atomic mass is 9.44. The van der Waals surface area contributed by atoms with Crippen LogP contribution in [0.3, 0.4) is 0 Å². The van der Waals surface area contributed by atoms with E-state index in [1.54, 1.807) is 6.92 Å². The quantitative estimate of drug-likeness (QED) is 0.521. The predicted octanol–water partition coefficient (Wildman–Crippen LogP) is 6.41. The van der Waals surface area contributed by atoms with Crippen LogP contribution in [0.5, 0.6) is 0 Å². The minimum Gasteiger partial charge on any atom is -0.300 e. The highest BCUT2D eigenvalue weighted by molar-refractivity contribution is 5.79. The molecule has 0 N–H and O–H groups in total. The molecule has 1 nitrogen and oxygen atoms in total. The monoisotopic (exact) mass is 370 g/mol. The van der Waals surface area contributed by atoms with Crippen LogP contribution in [-0.4, -0.2) is 12.0 Å². The molecule has 8 atom stereocenters. The Hall–Kier alpha value is -0.540. The summed E-state index contributed by atoms with van der Waals surface area (Å²) in [7, 11) is 0.